The van der Waals surface area contributed by atoms with Gasteiger partial charge in [-0.05, 0) is 30.5 Å². The molecule has 2 aromatic carbocycles. The maximum atomic E-state index is 13.5. The lowest BCUT2D eigenvalue weighted by Gasteiger charge is -2.36. The van der Waals surface area contributed by atoms with Gasteiger partial charge in [0.2, 0.25) is 0 Å². The molecule has 2 aliphatic rings. The van der Waals surface area contributed by atoms with E-state index in [9.17, 15) is 19.7 Å². The van der Waals surface area contributed by atoms with Crippen molar-refractivity contribution in [1.29, 1.82) is 0 Å². The monoisotopic (exact) mass is 448 g/mol. The molecule has 0 fully saturated rings. The van der Waals surface area contributed by atoms with Gasteiger partial charge in [-0.2, -0.15) is 0 Å². The van der Waals surface area contributed by atoms with E-state index in [4.69, 9.17) is 9.47 Å². The summed E-state index contributed by atoms with van der Waals surface area (Å²) in [5.41, 5.74) is 3.34. The number of carbonyl (C=O) groups excluding carboxylic acids is 2. The predicted octanol–water partition coefficient (Wildman–Crippen LogP) is 4.14. The molecular formula is C25H24N2O6. The smallest absolute Gasteiger partial charge is 0.336 e. The summed E-state index contributed by atoms with van der Waals surface area (Å²) in [5.74, 6) is -0.835. The lowest BCUT2D eigenvalue weighted by atomic mass is 9.71. The molecule has 33 heavy (non-hydrogen) atoms. The van der Waals surface area contributed by atoms with Crippen LogP contribution in [-0.2, 0) is 14.3 Å². The van der Waals surface area contributed by atoms with Crippen LogP contribution in [0, 0.1) is 10.1 Å². The molecule has 0 radical (unpaired) electrons. The minimum atomic E-state index is -0.750. The van der Waals surface area contributed by atoms with E-state index in [1.54, 1.807) is 26.2 Å². The number of allylic oxidation sites excluding steroid dienone is 3. The number of esters is 1. The van der Waals surface area contributed by atoms with Gasteiger partial charge in [-0.1, -0.05) is 30.3 Å². The van der Waals surface area contributed by atoms with E-state index in [-0.39, 0.29) is 29.4 Å². The minimum Gasteiger partial charge on any atom is -0.496 e. The number of methoxy groups -OCH3 is 2. The number of rotatable bonds is 5. The Kier molecular flexibility index (Phi) is 6.00. The van der Waals surface area contributed by atoms with Crippen molar-refractivity contribution in [3.8, 4) is 5.75 Å². The van der Waals surface area contributed by atoms with E-state index in [0.29, 0.717) is 34.7 Å². The molecule has 0 saturated carbocycles. The molecule has 1 N–H and O–H groups in total. The van der Waals surface area contributed by atoms with Gasteiger partial charge in [-0.3, -0.25) is 14.9 Å². The second kappa shape index (κ2) is 8.90. The number of dihydropyridines is 1. The molecular weight excluding hydrogens is 424 g/mol. The number of hydrogen-bond acceptors (Lipinski definition) is 7. The van der Waals surface area contributed by atoms with Gasteiger partial charge in [0.25, 0.3) is 5.69 Å². The van der Waals surface area contributed by atoms with Crippen LogP contribution in [0.3, 0.4) is 0 Å². The van der Waals surface area contributed by atoms with Crippen molar-refractivity contribution >= 4 is 17.4 Å². The van der Waals surface area contributed by atoms with Gasteiger partial charge in [-0.15, -0.1) is 0 Å². The van der Waals surface area contributed by atoms with Gasteiger partial charge < -0.3 is 14.8 Å². The Morgan fingerprint density at radius 3 is 2.58 bits per heavy atom. The van der Waals surface area contributed by atoms with Crippen LogP contribution in [0.5, 0.6) is 5.75 Å². The summed E-state index contributed by atoms with van der Waals surface area (Å²) in [5, 5.41) is 14.6. The van der Waals surface area contributed by atoms with Gasteiger partial charge in [-0.25, -0.2) is 4.79 Å². The number of para-hydroxylation sites is 1. The van der Waals surface area contributed by atoms with Gasteiger partial charge in [0.15, 0.2) is 5.78 Å². The fourth-order valence-electron chi connectivity index (χ4n) is 4.79. The number of nitro groups is 1. The van der Waals surface area contributed by atoms with Crippen LogP contribution in [0.2, 0.25) is 0 Å². The fraction of sp³-hybridized carbons (Fsp3) is 0.280. The van der Waals surface area contributed by atoms with E-state index in [1.807, 2.05) is 24.3 Å². The Labute approximate surface area is 191 Å². The maximum absolute atomic E-state index is 13.5. The standard InChI is InChI=1S/C25H24N2O6/c1-14-22(25(29)33-3)23(15-7-6-8-17(11-15)27(30)31)24-19(26-14)12-16(13-20(24)28)18-9-4-5-10-21(18)32-2/h4-11,16,23,26H,12-13H2,1-3H3/t16-,23+/m0/s1. The first-order chi connectivity index (χ1) is 15.8. The topological polar surface area (TPSA) is 108 Å². The molecule has 0 saturated heterocycles. The summed E-state index contributed by atoms with van der Waals surface area (Å²) in [6.45, 7) is 1.75. The average Bonchev–Trinajstić information content (AvgIpc) is 2.82. The fourth-order valence-corrected chi connectivity index (χ4v) is 4.79. The highest BCUT2D eigenvalue weighted by molar-refractivity contribution is 6.04. The number of Topliss-reactive ketones (excluding diaryl/α,β-unsaturated/α-hetero) is 1. The minimum absolute atomic E-state index is 0.0989. The van der Waals surface area contributed by atoms with Crippen LogP contribution in [0.25, 0.3) is 0 Å². The number of nitro benzene ring substituents is 1. The molecule has 2 aromatic rings. The molecule has 0 bridgehead atoms. The largest absolute Gasteiger partial charge is 0.496 e. The zero-order chi connectivity index (χ0) is 23.7. The van der Waals surface area contributed by atoms with Crippen molar-refractivity contribution in [3.05, 3.63) is 92.3 Å². The van der Waals surface area contributed by atoms with Gasteiger partial charge in [0, 0.05) is 47.4 Å². The Hall–Kier alpha value is -3.94. The number of benzene rings is 2. The van der Waals surface area contributed by atoms with Crippen LogP contribution in [-0.4, -0.2) is 30.9 Å². The summed E-state index contributed by atoms with van der Waals surface area (Å²) in [6.07, 6.45) is 0.776. The molecule has 1 heterocycles. The third-order valence-electron chi connectivity index (χ3n) is 6.23. The molecule has 8 nitrogen and oxygen atoms in total. The predicted molar refractivity (Wildman–Crippen MR) is 121 cm³/mol. The maximum Gasteiger partial charge on any atom is 0.336 e. The first kappa shape index (κ1) is 22.3. The zero-order valence-electron chi connectivity index (χ0n) is 18.6. The van der Waals surface area contributed by atoms with Crippen molar-refractivity contribution in [3.63, 3.8) is 0 Å². The van der Waals surface area contributed by atoms with Crippen LogP contribution in [0.1, 0.15) is 42.7 Å². The SMILES string of the molecule is COC(=O)C1=C(C)NC2=C(C(=O)C[C@@H](c3ccccc3OC)C2)[C@@H]1c1cccc([N+](=O)[O-])c1. The lowest BCUT2D eigenvalue weighted by Crippen LogP contribution is -2.36. The number of non-ortho nitro benzene ring substituents is 1. The number of ether oxygens (including phenoxy) is 2. The van der Waals surface area contributed by atoms with Crippen LogP contribution >= 0.6 is 0 Å². The average molecular weight is 448 g/mol. The van der Waals surface area contributed by atoms with E-state index in [2.05, 4.69) is 5.32 Å². The third-order valence-corrected chi connectivity index (χ3v) is 6.23. The van der Waals surface area contributed by atoms with Crippen molar-refractivity contribution < 1.29 is 24.0 Å². The van der Waals surface area contributed by atoms with Crippen LogP contribution < -0.4 is 10.1 Å². The molecule has 0 aromatic heterocycles. The molecule has 0 amide bonds. The summed E-state index contributed by atoms with van der Waals surface area (Å²) in [6, 6.07) is 13.7. The van der Waals surface area contributed by atoms with E-state index in [1.165, 1.54) is 19.2 Å². The van der Waals surface area contributed by atoms with Crippen molar-refractivity contribution in [1.82, 2.24) is 5.32 Å². The van der Waals surface area contributed by atoms with Gasteiger partial charge in [0.05, 0.1) is 24.7 Å². The number of ketones is 1. The Morgan fingerprint density at radius 1 is 1.12 bits per heavy atom. The third kappa shape index (κ3) is 4.00. The second-order valence-corrected chi connectivity index (χ2v) is 8.10. The van der Waals surface area contributed by atoms with E-state index >= 15 is 0 Å². The quantitative estimate of drug-likeness (QED) is 0.416. The molecule has 4 rings (SSSR count). The van der Waals surface area contributed by atoms with Crippen LogP contribution in [0.15, 0.2) is 71.1 Å². The normalized spacial score (nSPS) is 20.2. The van der Waals surface area contributed by atoms with Crippen molar-refractivity contribution in [2.24, 2.45) is 0 Å². The molecule has 170 valence electrons. The molecule has 2 atom stereocenters. The van der Waals surface area contributed by atoms with Crippen molar-refractivity contribution in [2.75, 3.05) is 14.2 Å². The Balaban J connectivity index is 1.84. The highest BCUT2D eigenvalue weighted by Crippen LogP contribution is 2.47. The first-order valence-electron chi connectivity index (χ1n) is 10.5. The van der Waals surface area contributed by atoms with E-state index < -0.39 is 16.8 Å². The summed E-state index contributed by atoms with van der Waals surface area (Å²) < 4.78 is 10.5. The van der Waals surface area contributed by atoms with Gasteiger partial charge in [0.1, 0.15) is 5.75 Å². The summed E-state index contributed by atoms with van der Waals surface area (Å²) in [7, 11) is 2.87. The van der Waals surface area contributed by atoms with E-state index in [0.717, 1.165) is 5.56 Å². The zero-order valence-corrected chi connectivity index (χ0v) is 18.6. The number of carbonyl (C=O) groups is 2. The molecule has 0 spiro atoms. The number of hydrogen-bond donors (Lipinski definition) is 1. The first-order valence-corrected chi connectivity index (χ1v) is 10.5. The molecule has 0 unspecified atom stereocenters. The second-order valence-electron chi connectivity index (χ2n) is 8.10. The van der Waals surface area contributed by atoms with Crippen LogP contribution in [0.4, 0.5) is 5.69 Å². The molecule has 8 heteroatoms. The lowest BCUT2D eigenvalue weighted by molar-refractivity contribution is -0.384. The molecule has 1 aliphatic carbocycles. The summed E-state index contributed by atoms with van der Waals surface area (Å²) >= 11 is 0. The van der Waals surface area contributed by atoms with Crippen molar-refractivity contribution in [2.45, 2.75) is 31.6 Å². The Morgan fingerprint density at radius 2 is 1.88 bits per heavy atom. The summed E-state index contributed by atoms with van der Waals surface area (Å²) in [4.78, 5) is 37.1. The Bertz CT molecular complexity index is 1210. The molecule has 1 aliphatic heterocycles. The van der Waals surface area contributed by atoms with Gasteiger partial charge >= 0.3 is 5.97 Å². The highest BCUT2D eigenvalue weighted by Gasteiger charge is 2.42. The number of nitrogens with one attached hydrogen (secondary N) is 1. The highest BCUT2D eigenvalue weighted by atomic mass is 16.6. The number of nitrogens with zero attached hydrogens (tertiary/aromatic N) is 1.